The molecule has 1 amide bonds. The summed E-state index contributed by atoms with van der Waals surface area (Å²) in [5.74, 6) is -0.609. The van der Waals surface area contributed by atoms with Gasteiger partial charge < -0.3 is 16.2 Å². The fourth-order valence-electron chi connectivity index (χ4n) is 3.07. The molecule has 32 heavy (non-hydrogen) atoms. The van der Waals surface area contributed by atoms with E-state index in [0.717, 1.165) is 11.1 Å². The lowest BCUT2D eigenvalue weighted by Crippen LogP contribution is -2.23. The minimum Gasteiger partial charge on any atom is -0.387 e. The number of hydrogen-bond donors (Lipinski definition) is 3. The highest BCUT2D eigenvalue weighted by Crippen LogP contribution is 2.22. The van der Waals surface area contributed by atoms with E-state index in [2.05, 4.69) is 5.32 Å². The first-order chi connectivity index (χ1) is 14.8. The van der Waals surface area contributed by atoms with Crippen LogP contribution in [0.2, 0.25) is 5.02 Å². The molecule has 6 nitrogen and oxygen atoms in total. The van der Waals surface area contributed by atoms with Crippen LogP contribution in [-0.4, -0.2) is 32.5 Å². The quantitative estimate of drug-likeness (QED) is 0.394. The predicted octanol–water partition coefficient (Wildman–Crippen LogP) is 3.56. The normalized spacial score (nSPS) is 12.1. The van der Waals surface area contributed by atoms with Crippen LogP contribution in [0.5, 0.6) is 0 Å². The van der Waals surface area contributed by atoms with E-state index in [4.69, 9.17) is 17.3 Å². The van der Waals surface area contributed by atoms with Gasteiger partial charge in [-0.15, -0.1) is 12.4 Å². The van der Waals surface area contributed by atoms with Crippen molar-refractivity contribution in [2.75, 3.05) is 13.1 Å². The first-order valence-corrected chi connectivity index (χ1v) is 11.5. The molecule has 0 saturated heterocycles. The Labute approximate surface area is 198 Å². The molecule has 0 aliphatic carbocycles. The van der Waals surface area contributed by atoms with Gasteiger partial charge in [0.15, 0.2) is 0 Å². The number of aliphatic hydroxyl groups excluding tert-OH is 1. The van der Waals surface area contributed by atoms with E-state index in [1.54, 1.807) is 42.5 Å². The fraction of sp³-hybridized carbons (Fsp3) is 0.174. The highest BCUT2D eigenvalue weighted by Gasteiger charge is 2.18. The molecule has 170 valence electrons. The Morgan fingerprint density at radius 3 is 2.16 bits per heavy atom. The zero-order valence-electron chi connectivity index (χ0n) is 17.1. The SMILES string of the molecule is Cl.NC(=O)c1ccc(S(=O)(=O)c2ccc(CCNC[C@H](O)c3cccc(Cl)c3)cc2)cc1. The maximum atomic E-state index is 12.8. The third-order valence-electron chi connectivity index (χ3n) is 4.84. The van der Waals surface area contributed by atoms with E-state index in [9.17, 15) is 18.3 Å². The Morgan fingerprint density at radius 1 is 1.00 bits per heavy atom. The summed E-state index contributed by atoms with van der Waals surface area (Å²) < 4.78 is 25.5. The standard InChI is InChI=1S/C23H23ClN2O4S.ClH/c24-19-3-1-2-18(14-19)22(27)15-26-13-12-16-4-8-20(9-5-16)31(29,30)21-10-6-17(7-11-21)23(25)28;/h1-11,14,22,26-27H,12-13,15H2,(H2,25,28);1H/t22-;/m0./s1. The van der Waals surface area contributed by atoms with Crippen LogP contribution in [0.3, 0.4) is 0 Å². The number of halogens is 2. The maximum absolute atomic E-state index is 12.8. The van der Waals surface area contributed by atoms with Gasteiger partial charge in [0.2, 0.25) is 15.7 Å². The number of nitrogens with two attached hydrogens (primary N) is 1. The second-order valence-corrected chi connectivity index (χ2v) is 9.45. The first-order valence-electron chi connectivity index (χ1n) is 9.65. The number of hydrogen-bond acceptors (Lipinski definition) is 5. The summed E-state index contributed by atoms with van der Waals surface area (Å²) in [6.45, 7) is 1.01. The number of carbonyl (C=O) groups is 1. The van der Waals surface area contributed by atoms with Gasteiger partial charge in [0.1, 0.15) is 0 Å². The predicted molar refractivity (Wildman–Crippen MR) is 127 cm³/mol. The Balaban J connectivity index is 0.00000363. The zero-order chi connectivity index (χ0) is 22.4. The maximum Gasteiger partial charge on any atom is 0.248 e. The summed E-state index contributed by atoms with van der Waals surface area (Å²) in [4.78, 5) is 11.4. The van der Waals surface area contributed by atoms with E-state index in [0.29, 0.717) is 24.5 Å². The highest BCUT2D eigenvalue weighted by molar-refractivity contribution is 7.91. The van der Waals surface area contributed by atoms with Crippen molar-refractivity contribution in [1.82, 2.24) is 5.32 Å². The largest absolute Gasteiger partial charge is 0.387 e. The number of sulfone groups is 1. The molecule has 3 aromatic rings. The van der Waals surface area contributed by atoms with Gasteiger partial charge in [0.25, 0.3) is 0 Å². The molecule has 4 N–H and O–H groups in total. The van der Waals surface area contributed by atoms with E-state index in [1.807, 2.05) is 6.07 Å². The molecule has 9 heteroatoms. The van der Waals surface area contributed by atoms with Crippen LogP contribution in [0, 0.1) is 0 Å². The summed E-state index contributed by atoms with van der Waals surface area (Å²) >= 11 is 5.94. The second kappa shape index (κ2) is 11.4. The van der Waals surface area contributed by atoms with Crippen molar-refractivity contribution < 1.29 is 18.3 Å². The van der Waals surface area contributed by atoms with Crippen molar-refractivity contribution in [2.45, 2.75) is 22.3 Å². The van der Waals surface area contributed by atoms with Crippen molar-refractivity contribution in [3.63, 3.8) is 0 Å². The molecule has 3 aromatic carbocycles. The van der Waals surface area contributed by atoms with Gasteiger partial charge >= 0.3 is 0 Å². The smallest absolute Gasteiger partial charge is 0.248 e. The van der Waals surface area contributed by atoms with Crippen molar-refractivity contribution in [1.29, 1.82) is 0 Å². The van der Waals surface area contributed by atoms with E-state index < -0.39 is 21.8 Å². The molecule has 3 rings (SSSR count). The number of carbonyl (C=O) groups excluding carboxylic acids is 1. The van der Waals surface area contributed by atoms with Crippen LogP contribution in [0.15, 0.2) is 82.6 Å². The molecular weight excluding hydrogens is 471 g/mol. The molecule has 0 saturated carbocycles. The number of amides is 1. The van der Waals surface area contributed by atoms with Gasteiger partial charge in [-0.25, -0.2) is 8.42 Å². The minimum absolute atomic E-state index is 0. The summed E-state index contributed by atoms with van der Waals surface area (Å²) in [7, 11) is -3.68. The van der Waals surface area contributed by atoms with Crippen LogP contribution < -0.4 is 11.1 Å². The Kier molecular flexibility index (Phi) is 9.24. The van der Waals surface area contributed by atoms with E-state index >= 15 is 0 Å². The monoisotopic (exact) mass is 494 g/mol. The lowest BCUT2D eigenvalue weighted by Gasteiger charge is -2.12. The molecule has 0 bridgehead atoms. The molecule has 0 radical (unpaired) electrons. The van der Waals surface area contributed by atoms with Crippen LogP contribution in [0.4, 0.5) is 0 Å². The molecule has 0 aliphatic rings. The summed E-state index contributed by atoms with van der Waals surface area (Å²) in [5.41, 5.74) is 7.16. The third kappa shape index (κ3) is 6.54. The first kappa shape index (κ1) is 25.8. The van der Waals surface area contributed by atoms with Crippen LogP contribution in [-0.2, 0) is 16.3 Å². The lowest BCUT2D eigenvalue weighted by molar-refractivity contribution is 0.1000. The Hall–Kier alpha value is -2.42. The molecule has 0 unspecified atom stereocenters. The molecule has 0 heterocycles. The second-order valence-electron chi connectivity index (χ2n) is 7.06. The number of benzene rings is 3. The average molecular weight is 495 g/mol. The zero-order valence-corrected chi connectivity index (χ0v) is 19.5. The van der Waals surface area contributed by atoms with E-state index in [1.165, 1.54) is 24.3 Å². The van der Waals surface area contributed by atoms with Gasteiger partial charge in [0.05, 0.1) is 15.9 Å². The van der Waals surface area contributed by atoms with Crippen LogP contribution in [0.1, 0.15) is 27.6 Å². The topological polar surface area (TPSA) is 109 Å². The van der Waals surface area contributed by atoms with Crippen molar-refractivity contribution in [3.8, 4) is 0 Å². The van der Waals surface area contributed by atoms with Gasteiger partial charge in [-0.05, 0) is 72.6 Å². The molecule has 1 atom stereocenters. The molecule has 0 fully saturated rings. The average Bonchev–Trinajstić information content (AvgIpc) is 2.77. The summed E-state index contributed by atoms with van der Waals surface area (Å²) in [6, 6.07) is 19.3. The highest BCUT2D eigenvalue weighted by atomic mass is 35.5. The molecule has 0 aliphatic heterocycles. The van der Waals surface area contributed by atoms with Gasteiger partial charge in [-0.1, -0.05) is 35.9 Å². The van der Waals surface area contributed by atoms with Crippen LogP contribution >= 0.6 is 24.0 Å². The fourth-order valence-corrected chi connectivity index (χ4v) is 4.53. The number of nitrogens with one attached hydrogen (secondary N) is 1. The van der Waals surface area contributed by atoms with Crippen molar-refractivity contribution in [2.24, 2.45) is 5.73 Å². The van der Waals surface area contributed by atoms with E-state index in [-0.39, 0.29) is 27.8 Å². The Morgan fingerprint density at radius 2 is 1.59 bits per heavy atom. The number of rotatable bonds is 9. The minimum atomic E-state index is -3.68. The van der Waals surface area contributed by atoms with Gasteiger partial charge in [0, 0.05) is 17.1 Å². The third-order valence-corrected chi connectivity index (χ3v) is 6.87. The number of primary amides is 1. The molecule has 0 spiro atoms. The summed E-state index contributed by atoms with van der Waals surface area (Å²) in [6.07, 6.45) is 0.0165. The van der Waals surface area contributed by atoms with Crippen molar-refractivity contribution in [3.05, 3.63) is 94.5 Å². The van der Waals surface area contributed by atoms with Crippen molar-refractivity contribution >= 4 is 39.8 Å². The molecular formula is C23H24Cl2N2O4S. The van der Waals surface area contributed by atoms with Gasteiger partial charge in [-0.3, -0.25) is 4.79 Å². The molecule has 0 aromatic heterocycles. The Bertz CT molecular complexity index is 1150. The summed E-state index contributed by atoms with van der Waals surface area (Å²) in [5, 5.41) is 14.0. The number of aliphatic hydroxyl groups is 1. The lowest BCUT2D eigenvalue weighted by atomic mass is 10.1. The van der Waals surface area contributed by atoms with Gasteiger partial charge in [-0.2, -0.15) is 0 Å². The van der Waals surface area contributed by atoms with Crippen LogP contribution in [0.25, 0.3) is 0 Å².